The summed E-state index contributed by atoms with van der Waals surface area (Å²) in [6.07, 6.45) is 2.44. The van der Waals surface area contributed by atoms with Crippen molar-refractivity contribution in [2.75, 3.05) is 40.0 Å². The van der Waals surface area contributed by atoms with E-state index >= 15 is 0 Å². The number of likely N-dealkylation sites (tertiary alicyclic amines) is 1. The summed E-state index contributed by atoms with van der Waals surface area (Å²) in [4.78, 5) is 17.1. The number of aromatic nitrogens is 2. The first-order valence-electron chi connectivity index (χ1n) is 10.2. The lowest BCUT2D eigenvalue weighted by atomic mass is 9.98. The lowest BCUT2D eigenvalue weighted by molar-refractivity contribution is 0.0721. The van der Waals surface area contributed by atoms with E-state index in [2.05, 4.69) is 27.3 Å². The standard InChI is InChI=1S/C21H28N4O4/c1-15-20(23-29-22-15)21(26)25-8-9-28-19-6-5-16(10-18(19)13-25)11-24-7-3-4-17(12-24)14-27-2/h5-6,10,17H,3-4,7-9,11-14H2,1-2H3. The quantitative estimate of drug-likeness (QED) is 0.762. The number of rotatable bonds is 5. The highest BCUT2D eigenvalue weighted by Crippen LogP contribution is 2.27. The number of methoxy groups -OCH3 is 1. The van der Waals surface area contributed by atoms with E-state index in [0.717, 1.165) is 37.6 Å². The molecule has 2 aliphatic heterocycles. The van der Waals surface area contributed by atoms with Crippen LogP contribution in [0.4, 0.5) is 0 Å². The third-order valence-corrected chi connectivity index (χ3v) is 5.66. The van der Waals surface area contributed by atoms with Gasteiger partial charge >= 0.3 is 0 Å². The average Bonchev–Trinajstić information content (AvgIpc) is 3.03. The highest BCUT2D eigenvalue weighted by atomic mass is 16.6. The van der Waals surface area contributed by atoms with Crippen LogP contribution in [0.1, 0.15) is 40.2 Å². The third kappa shape index (κ3) is 4.59. The van der Waals surface area contributed by atoms with Crippen molar-refractivity contribution in [3.63, 3.8) is 0 Å². The van der Waals surface area contributed by atoms with Gasteiger partial charge in [0.1, 0.15) is 18.1 Å². The Hall–Kier alpha value is -2.45. The monoisotopic (exact) mass is 400 g/mol. The molecule has 2 aromatic rings. The second-order valence-corrected chi connectivity index (χ2v) is 7.91. The van der Waals surface area contributed by atoms with Crippen molar-refractivity contribution < 1.29 is 18.9 Å². The topological polar surface area (TPSA) is 80.9 Å². The predicted molar refractivity (Wildman–Crippen MR) is 106 cm³/mol. The summed E-state index contributed by atoms with van der Waals surface area (Å²) in [5, 5.41) is 7.48. The minimum absolute atomic E-state index is 0.177. The Bertz CT molecular complexity index is 851. The van der Waals surface area contributed by atoms with Crippen LogP contribution in [0.3, 0.4) is 0 Å². The maximum Gasteiger partial charge on any atom is 0.278 e. The summed E-state index contributed by atoms with van der Waals surface area (Å²) in [5.41, 5.74) is 3.03. The number of carbonyl (C=O) groups excluding carboxylic acids is 1. The normalized spacial score (nSPS) is 20.1. The molecule has 1 aromatic heterocycles. The molecule has 0 bridgehead atoms. The number of carbonyl (C=O) groups is 1. The van der Waals surface area contributed by atoms with Crippen LogP contribution in [0.2, 0.25) is 0 Å². The van der Waals surface area contributed by atoms with Gasteiger partial charge in [0.15, 0.2) is 5.69 Å². The zero-order chi connectivity index (χ0) is 20.2. The molecule has 1 fully saturated rings. The lowest BCUT2D eigenvalue weighted by Crippen LogP contribution is -2.36. The van der Waals surface area contributed by atoms with E-state index in [4.69, 9.17) is 14.1 Å². The lowest BCUT2D eigenvalue weighted by Gasteiger charge is -2.32. The smallest absolute Gasteiger partial charge is 0.278 e. The van der Waals surface area contributed by atoms with Gasteiger partial charge in [0.05, 0.1) is 13.2 Å². The van der Waals surface area contributed by atoms with Gasteiger partial charge in [0.2, 0.25) is 0 Å². The molecule has 4 rings (SSSR count). The van der Waals surface area contributed by atoms with E-state index in [1.165, 1.54) is 18.4 Å². The number of piperidine rings is 1. The molecule has 0 aliphatic carbocycles. The number of nitrogens with zero attached hydrogens (tertiary/aromatic N) is 4. The Morgan fingerprint density at radius 1 is 1.31 bits per heavy atom. The molecule has 1 atom stereocenters. The number of ether oxygens (including phenoxy) is 2. The van der Waals surface area contributed by atoms with Gasteiger partial charge in [-0.3, -0.25) is 9.69 Å². The van der Waals surface area contributed by atoms with Crippen LogP contribution in [0.5, 0.6) is 5.75 Å². The van der Waals surface area contributed by atoms with Crippen molar-refractivity contribution in [2.45, 2.75) is 32.9 Å². The second-order valence-electron chi connectivity index (χ2n) is 7.91. The largest absolute Gasteiger partial charge is 0.491 e. The SMILES string of the molecule is COCC1CCCN(Cc2ccc3c(c2)CN(C(=O)c2nonc2C)CCO3)C1. The summed E-state index contributed by atoms with van der Waals surface area (Å²) >= 11 is 0. The molecule has 0 saturated carbocycles. The van der Waals surface area contributed by atoms with Gasteiger partial charge in [-0.2, -0.15) is 0 Å². The molecule has 0 radical (unpaired) electrons. The summed E-state index contributed by atoms with van der Waals surface area (Å²) in [5.74, 6) is 1.27. The van der Waals surface area contributed by atoms with Crippen molar-refractivity contribution in [1.29, 1.82) is 0 Å². The van der Waals surface area contributed by atoms with Crippen LogP contribution in [-0.2, 0) is 17.8 Å². The van der Waals surface area contributed by atoms with Crippen LogP contribution in [0.15, 0.2) is 22.8 Å². The van der Waals surface area contributed by atoms with Crippen LogP contribution >= 0.6 is 0 Å². The number of hydrogen-bond donors (Lipinski definition) is 0. The fourth-order valence-corrected chi connectivity index (χ4v) is 4.22. The molecular formula is C21H28N4O4. The third-order valence-electron chi connectivity index (χ3n) is 5.66. The number of benzene rings is 1. The highest BCUT2D eigenvalue weighted by Gasteiger charge is 2.26. The maximum atomic E-state index is 12.8. The zero-order valence-corrected chi connectivity index (χ0v) is 17.1. The fraction of sp³-hybridized carbons (Fsp3) is 0.571. The first-order chi connectivity index (χ1) is 14.1. The Balaban J connectivity index is 1.47. The van der Waals surface area contributed by atoms with E-state index in [0.29, 0.717) is 31.3 Å². The van der Waals surface area contributed by atoms with E-state index in [1.54, 1.807) is 18.9 Å². The summed E-state index contributed by atoms with van der Waals surface area (Å²) < 4.78 is 15.9. The summed E-state index contributed by atoms with van der Waals surface area (Å²) in [6.45, 7) is 7.05. The second kappa shape index (κ2) is 8.92. The minimum atomic E-state index is -0.177. The molecule has 2 aliphatic rings. The zero-order valence-electron chi connectivity index (χ0n) is 17.1. The van der Waals surface area contributed by atoms with Crippen LogP contribution < -0.4 is 4.74 Å². The maximum absolute atomic E-state index is 12.8. The molecule has 1 amide bonds. The van der Waals surface area contributed by atoms with Gasteiger partial charge < -0.3 is 14.4 Å². The Morgan fingerprint density at radius 2 is 2.21 bits per heavy atom. The van der Waals surface area contributed by atoms with E-state index < -0.39 is 0 Å². The number of amides is 1. The summed E-state index contributed by atoms with van der Waals surface area (Å²) in [7, 11) is 1.77. The molecule has 8 heteroatoms. The molecule has 0 spiro atoms. The van der Waals surface area contributed by atoms with E-state index in [9.17, 15) is 4.79 Å². The number of hydrogen-bond acceptors (Lipinski definition) is 7. The molecule has 29 heavy (non-hydrogen) atoms. The Morgan fingerprint density at radius 3 is 3.00 bits per heavy atom. The molecule has 1 unspecified atom stereocenters. The number of fused-ring (bicyclic) bond motifs is 1. The fourth-order valence-electron chi connectivity index (χ4n) is 4.22. The Kier molecular flexibility index (Phi) is 6.10. The molecular weight excluding hydrogens is 372 g/mol. The summed E-state index contributed by atoms with van der Waals surface area (Å²) in [6, 6.07) is 6.31. The molecule has 1 aromatic carbocycles. The van der Waals surface area contributed by atoms with Gasteiger partial charge in [-0.1, -0.05) is 11.2 Å². The van der Waals surface area contributed by atoms with Crippen molar-refractivity contribution in [2.24, 2.45) is 5.92 Å². The van der Waals surface area contributed by atoms with Crippen molar-refractivity contribution in [3.8, 4) is 5.75 Å². The van der Waals surface area contributed by atoms with Crippen molar-refractivity contribution in [3.05, 3.63) is 40.7 Å². The number of aryl methyl sites for hydroxylation is 1. The van der Waals surface area contributed by atoms with Gasteiger partial charge in [-0.15, -0.1) is 0 Å². The average molecular weight is 400 g/mol. The van der Waals surface area contributed by atoms with Crippen LogP contribution in [0, 0.1) is 12.8 Å². The van der Waals surface area contributed by atoms with Crippen LogP contribution in [-0.4, -0.2) is 66.0 Å². The van der Waals surface area contributed by atoms with E-state index in [1.807, 2.05) is 6.07 Å². The molecule has 0 N–H and O–H groups in total. The van der Waals surface area contributed by atoms with Gasteiger partial charge in [0, 0.05) is 32.3 Å². The molecule has 8 nitrogen and oxygen atoms in total. The van der Waals surface area contributed by atoms with E-state index in [-0.39, 0.29) is 11.6 Å². The first-order valence-corrected chi connectivity index (χ1v) is 10.2. The van der Waals surface area contributed by atoms with Gasteiger partial charge in [-0.25, -0.2) is 4.63 Å². The van der Waals surface area contributed by atoms with Crippen molar-refractivity contribution in [1.82, 2.24) is 20.1 Å². The molecule has 1 saturated heterocycles. The predicted octanol–water partition coefficient (Wildman–Crippen LogP) is 2.27. The molecule has 3 heterocycles. The van der Waals surface area contributed by atoms with Crippen LogP contribution in [0.25, 0.3) is 0 Å². The highest BCUT2D eigenvalue weighted by molar-refractivity contribution is 5.93. The van der Waals surface area contributed by atoms with Crippen molar-refractivity contribution >= 4 is 5.91 Å². The molecule has 156 valence electrons. The minimum Gasteiger partial charge on any atom is -0.491 e. The van der Waals surface area contributed by atoms with Gasteiger partial charge in [0.25, 0.3) is 5.91 Å². The van der Waals surface area contributed by atoms with Gasteiger partial charge in [-0.05, 0) is 55.1 Å². The first kappa shape index (κ1) is 19.8. The Labute approximate surface area is 170 Å².